The van der Waals surface area contributed by atoms with Crippen LogP contribution in [0.5, 0.6) is 11.5 Å². The van der Waals surface area contributed by atoms with E-state index in [1.807, 2.05) is 38.1 Å². The van der Waals surface area contributed by atoms with Crippen molar-refractivity contribution in [3.63, 3.8) is 0 Å². The minimum absolute atomic E-state index is 0.683. The summed E-state index contributed by atoms with van der Waals surface area (Å²) in [6, 6.07) is 22.7. The van der Waals surface area contributed by atoms with Crippen LogP contribution in [0.25, 0.3) is 24.3 Å². The predicted molar refractivity (Wildman–Crippen MR) is 125 cm³/mol. The van der Waals surface area contributed by atoms with Crippen LogP contribution in [0.4, 0.5) is 0 Å². The van der Waals surface area contributed by atoms with Crippen molar-refractivity contribution in [1.29, 1.82) is 0 Å². The average Bonchev–Trinajstić information content (AvgIpc) is 2.78. The molecule has 0 spiro atoms. The highest BCUT2D eigenvalue weighted by Crippen LogP contribution is 2.16. The van der Waals surface area contributed by atoms with E-state index >= 15 is 0 Å². The van der Waals surface area contributed by atoms with Gasteiger partial charge >= 0.3 is 0 Å². The third-order valence-electron chi connectivity index (χ3n) is 4.75. The van der Waals surface area contributed by atoms with E-state index < -0.39 is 0 Å². The van der Waals surface area contributed by atoms with Gasteiger partial charge in [-0.25, -0.2) is 0 Å². The van der Waals surface area contributed by atoms with Crippen molar-refractivity contribution in [2.24, 2.45) is 0 Å². The number of aromatic nitrogens is 1. The van der Waals surface area contributed by atoms with Crippen molar-refractivity contribution in [3.05, 3.63) is 89.2 Å². The molecule has 0 fully saturated rings. The SMILES string of the molecule is CCOc1ccc(/C=C/c2cccc(/C=C/c3ccc(OCC)cc3)[n+]2CC)cc1. The molecule has 0 unspecified atom stereocenters. The first-order chi connectivity index (χ1) is 14.7. The Balaban J connectivity index is 1.78. The van der Waals surface area contributed by atoms with Crippen molar-refractivity contribution >= 4 is 24.3 Å². The summed E-state index contributed by atoms with van der Waals surface area (Å²) in [5, 5.41) is 0. The van der Waals surface area contributed by atoms with Gasteiger partial charge in [-0.1, -0.05) is 24.3 Å². The number of ether oxygens (including phenoxy) is 2. The Morgan fingerprint density at radius 3 is 1.40 bits per heavy atom. The summed E-state index contributed by atoms with van der Waals surface area (Å²) in [5.41, 5.74) is 4.63. The first-order valence-electron chi connectivity index (χ1n) is 10.6. The van der Waals surface area contributed by atoms with E-state index in [0.29, 0.717) is 13.2 Å². The molecule has 0 aliphatic rings. The zero-order valence-electron chi connectivity index (χ0n) is 18.0. The van der Waals surface area contributed by atoms with Crippen molar-refractivity contribution in [3.8, 4) is 11.5 Å². The Labute approximate surface area is 179 Å². The quantitative estimate of drug-likeness (QED) is 0.403. The molecule has 1 heterocycles. The van der Waals surface area contributed by atoms with E-state index in [1.165, 1.54) is 11.4 Å². The van der Waals surface area contributed by atoms with Gasteiger partial charge in [0.1, 0.15) is 18.0 Å². The van der Waals surface area contributed by atoms with Crippen LogP contribution >= 0.6 is 0 Å². The second-order valence-corrected chi connectivity index (χ2v) is 6.79. The number of rotatable bonds is 9. The Bertz CT molecular complexity index is 909. The highest BCUT2D eigenvalue weighted by Gasteiger charge is 2.10. The Morgan fingerprint density at radius 1 is 0.600 bits per heavy atom. The van der Waals surface area contributed by atoms with Gasteiger partial charge in [0.25, 0.3) is 0 Å². The van der Waals surface area contributed by atoms with Crippen molar-refractivity contribution in [2.75, 3.05) is 13.2 Å². The maximum atomic E-state index is 5.52. The fraction of sp³-hybridized carbons (Fsp3) is 0.222. The van der Waals surface area contributed by atoms with Gasteiger partial charge in [0.2, 0.25) is 11.4 Å². The molecule has 30 heavy (non-hydrogen) atoms. The molecule has 3 nitrogen and oxygen atoms in total. The van der Waals surface area contributed by atoms with Gasteiger partial charge in [-0.05, 0) is 74.4 Å². The molecule has 0 aliphatic carbocycles. The van der Waals surface area contributed by atoms with E-state index in [-0.39, 0.29) is 0 Å². The lowest BCUT2D eigenvalue weighted by Gasteiger charge is -2.04. The molecular formula is C27H30NO2+. The molecule has 0 radical (unpaired) electrons. The summed E-state index contributed by atoms with van der Waals surface area (Å²) in [6.07, 6.45) is 8.59. The van der Waals surface area contributed by atoms with Crippen LogP contribution in [0, 0.1) is 0 Å². The third kappa shape index (κ3) is 5.84. The minimum Gasteiger partial charge on any atom is -0.494 e. The van der Waals surface area contributed by atoms with E-state index in [9.17, 15) is 0 Å². The second-order valence-electron chi connectivity index (χ2n) is 6.79. The molecule has 3 rings (SSSR count). The van der Waals surface area contributed by atoms with Gasteiger partial charge in [-0.15, -0.1) is 0 Å². The van der Waals surface area contributed by atoms with Crippen LogP contribution in [0.1, 0.15) is 43.3 Å². The van der Waals surface area contributed by atoms with Crippen molar-refractivity contribution in [1.82, 2.24) is 0 Å². The highest BCUT2D eigenvalue weighted by atomic mass is 16.5. The maximum absolute atomic E-state index is 5.52. The number of hydrogen-bond donors (Lipinski definition) is 0. The molecule has 0 bridgehead atoms. The Kier molecular flexibility index (Phi) is 7.85. The summed E-state index contributed by atoms with van der Waals surface area (Å²) in [6.45, 7) is 8.42. The summed E-state index contributed by atoms with van der Waals surface area (Å²) in [5.74, 6) is 1.80. The monoisotopic (exact) mass is 400 g/mol. The molecule has 154 valence electrons. The predicted octanol–water partition coefficient (Wildman–Crippen LogP) is 6.13. The third-order valence-corrected chi connectivity index (χ3v) is 4.75. The normalized spacial score (nSPS) is 11.3. The number of benzene rings is 2. The van der Waals surface area contributed by atoms with Gasteiger partial charge in [0, 0.05) is 24.3 Å². The van der Waals surface area contributed by atoms with Crippen molar-refractivity contribution < 1.29 is 14.0 Å². The second kappa shape index (κ2) is 11.0. The molecule has 1 aromatic heterocycles. The maximum Gasteiger partial charge on any atom is 0.205 e. The van der Waals surface area contributed by atoms with E-state index in [4.69, 9.17) is 9.47 Å². The molecule has 0 aliphatic heterocycles. The van der Waals surface area contributed by atoms with Crippen LogP contribution in [-0.4, -0.2) is 13.2 Å². The molecule has 0 atom stereocenters. The average molecular weight is 401 g/mol. The lowest BCUT2D eigenvalue weighted by Crippen LogP contribution is -2.38. The summed E-state index contributed by atoms with van der Waals surface area (Å²) >= 11 is 0. The van der Waals surface area contributed by atoms with E-state index in [0.717, 1.165) is 29.2 Å². The van der Waals surface area contributed by atoms with Gasteiger partial charge < -0.3 is 9.47 Å². The Morgan fingerprint density at radius 2 is 1.03 bits per heavy atom. The van der Waals surface area contributed by atoms with Crippen LogP contribution in [-0.2, 0) is 6.54 Å². The molecule has 0 saturated heterocycles. The fourth-order valence-corrected chi connectivity index (χ4v) is 3.28. The topological polar surface area (TPSA) is 22.3 Å². The van der Waals surface area contributed by atoms with E-state index in [2.05, 4.69) is 78.3 Å². The number of hydrogen-bond acceptors (Lipinski definition) is 2. The zero-order valence-corrected chi connectivity index (χ0v) is 18.0. The fourth-order valence-electron chi connectivity index (χ4n) is 3.28. The van der Waals surface area contributed by atoms with Gasteiger partial charge in [-0.3, -0.25) is 0 Å². The lowest BCUT2D eigenvalue weighted by atomic mass is 10.1. The summed E-state index contributed by atoms with van der Waals surface area (Å²) in [7, 11) is 0. The van der Waals surface area contributed by atoms with E-state index in [1.54, 1.807) is 0 Å². The van der Waals surface area contributed by atoms with Crippen molar-refractivity contribution in [2.45, 2.75) is 27.3 Å². The number of nitrogens with zero attached hydrogens (tertiary/aromatic N) is 1. The van der Waals surface area contributed by atoms with Gasteiger partial charge in [-0.2, -0.15) is 4.57 Å². The summed E-state index contributed by atoms with van der Waals surface area (Å²) < 4.78 is 13.3. The minimum atomic E-state index is 0.683. The van der Waals surface area contributed by atoms with Crippen LogP contribution < -0.4 is 14.0 Å². The standard InChI is InChI=1S/C27H30NO2/c1-4-28-24(16-10-22-12-18-26(19-13-22)29-5-2)8-7-9-25(28)17-11-23-14-20-27(21-15-23)30-6-3/h7-21H,4-6H2,1-3H3/q+1/b16-10+,17-11+. The zero-order chi connectivity index (χ0) is 21.2. The van der Waals surface area contributed by atoms with Crippen LogP contribution in [0.15, 0.2) is 66.7 Å². The molecule has 0 saturated carbocycles. The van der Waals surface area contributed by atoms with Gasteiger partial charge in [0.05, 0.1) is 13.2 Å². The molecule has 2 aromatic carbocycles. The first kappa shape index (κ1) is 21.4. The first-order valence-corrected chi connectivity index (χ1v) is 10.6. The van der Waals surface area contributed by atoms with Gasteiger partial charge in [0.15, 0.2) is 0 Å². The smallest absolute Gasteiger partial charge is 0.205 e. The molecular weight excluding hydrogens is 370 g/mol. The summed E-state index contributed by atoms with van der Waals surface area (Å²) in [4.78, 5) is 0. The largest absolute Gasteiger partial charge is 0.494 e. The molecule has 0 N–H and O–H groups in total. The molecule has 3 heteroatoms. The highest BCUT2D eigenvalue weighted by molar-refractivity contribution is 5.69. The lowest BCUT2D eigenvalue weighted by molar-refractivity contribution is -0.696. The Hall–Kier alpha value is -3.33. The molecule has 0 amide bonds. The van der Waals surface area contributed by atoms with Crippen LogP contribution in [0.3, 0.4) is 0 Å². The molecule has 3 aromatic rings. The van der Waals surface area contributed by atoms with Crippen LogP contribution in [0.2, 0.25) is 0 Å². The number of pyridine rings is 1.